The Kier molecular flexibility index (Phi) is 4.78. The van der Waals surface area contributed by atoms with Crippen molar-refractivity contribution < 1.29 is 32.7 Å². The van der Waals surface area contributed by atoms with Crippen LogP contribution in [0.2, 0.25) is 0 Å². The van der Waals surface area contributed by atoms with Crippen molar-refractivity contribution in [2.75, 3.05) is 5.75 Å². The summed E-state index contributed by atoms with van der Waals surface area (Å²) in [5, 5.41) is 14.3. The molecule has 0 bridgehead atoms. The molecule has 146 valence electrons. The van der Waals surface area contributed by atoms with Gasteiger partial charge in [0.2, 0.25) is 0 Å². The number of carboxylic acids is 1. The molecule has 2 aliphatic heterocycles. The summed E-state index contributed by atoms with van der Waals surface area (Å²) in [5.74, 6) is -2.45. The van der Waals surface area contributed by atoms with E-state index in [0.29, 0.717) is 11.3 Å². The Morgan fingerprint density at radius 3 is 2.56 bits per heavy atom. The lowest BCUT2D eigenvalue weighted by molar-refractivity contribution is -0.148. The molecule has 3 rings (SSSR count). The molecule has 0 spiro atoms. The molecule has 2 aliphatic rings. The SMILES string of the molecule is CC1=C(C(=O)O)N2C(=O)[C@@H](NC(=O)c3c(Br)c(C(F)(F)F)nn3C)[C@@H]2SC1. The summed E-state index contributed by atoms with van der Waals surface area (Å²) >= 11 is 4.00. The highest BCUT2D eigenvalue weighted by Crippen LogP contribution is 2.40. The number of rotatable bonds is 3. The first-order chi connectivity index (χ1) is 12.4. The molecule has 1 aromatic rings. The lowest BCUT2D eigenvalue weighted by Gasteiger charge is -2.49. The zero-order valence-corrected chi connectivity index (χ0v) is 16.2. The van der Waals surface area contributed by atoms with Gasteiger partial charge in [0.05, 0.1) is 4.47 Å². The van der Waals surface area contributed by atoms with Crippen molar-refractivity contribution in [2.24, 2.45) is 7.05 Å². The number of aryl methyl sites for hydroxylation is 1. The third kappa shape index (κ3) is 3.12. The first-order valence-corrected chi connectivity index (χ1v) is 9.27. The van der Waals surface area contributed by atoms with E-state index in [9.17, 15) is 32.7 Å². The number of amides is 2. The molecule has 3 heterocycles. The van der Waals surface area contributed by atoms with Crippen molar-refractivity contribution in [1.82, 2.24) is 20.0 Å². The van der Waals surface area contributed by atoms with Crippen molar-refractivity contribution >= 4 is 45.5 Å². The van der Waals surface area contributed by atoms with E-state index in [-0.39, 0.29) is 11.4 Å². The molecule has 2 N–H and O–H groups in total. The number of carbonyl (C=O) groups is 3. The van der Waals surface area contributed by atoms with E-state index < -0.39 is 45.5 Å². The van der Waals surface area contributed by atoms with E-state index in [2.05, 4.69) is 26.3 Å². The van der Waals surface area contributed by atoms with Gasteiger partial charge in [-0.15, -0.1) is 11.8 Å². The van der Waals surface area contributed by atoms with Crippen LogP contribution in [0.25, 0.3) is 0 Å². The minimum absolute atomic E-state index is 0.129. The molecule has 2 atom stereocenters. The summed E-state index contributed by atoms with van der Waals surface area (Å²) in [7, 11) is 1.17. The number of fused-ring (bicyclic) bond motifs is 1. The molecular weight excluding hydrogens is 457 g/mol. The predicted molar refractivity (Wildman–Crippen MR) is 90.6 cm³/mol. The highest BCUT2D eigenvalue weighted by atomic mass is 79.9. The summed E-state index contributed by atoms with van der Waals surface area (Å²) in [6.45, 7) is 1.59. The fourth-order valence-corrected chi connectivity index (χ4v) is 4.94. The fourth-order valence-electron chi connectivity index (χ4n) is 2.91. The van der Waals surface area contributed by atoms with Gasteiger partial charge in [0.25, 0.3) is 11.8 Å². The van der Waals surface area contributed by atoms with Crippen LogP contribution in [-0.2, 0) is 22.8 Å². The molecule has 2 amide bonds. The summed E-state index contributed by atoms with van der Waals surface area (Å²) in [5.41, 5.74) is -1.25. The summed E-state index contributed by atoms with van der Waals surface area (Å²) < 4.78 is 39.0. The van der Waals surface area contributed by atoms with Crippen molar-refractivity contribution in [3.63, 3.8) is 0 Å². The Hall–Kier alpha value is -2.02. The highest BCUT2D eigenvalue weighted by molar-refractivity contribution is 9.10. The maximum Gasteiger partial charge on any atom is 0.436 e. The van der Waals surface area contributed by atoms with Gasteiger partial charge in [0.15, 0.2) is 5.69 Å². The maximum absolute atomic E-state index is 12.9. The number of nitrogens with one attached hydrogen (secondary N) is 1. The lowest BCUT2D eigenvalue weighted by Crippen LogP contribution is -2.70. The van der Waals surface area contributed by atoms with Gasteiger partial charge in [-0.25, -0.2) is 4.79 Å². The maximum atomic E-state index is 12.9. The van der Waals surface area contributed by atoms with E-state index in [0.717, 1.165) is 9.58 Å². The Labute approximate surface area is 162 Å². The molecule has 1 aromatic heterocycles. The minimum Gasteiger partial charge on any atom is -0.477 e. The third-order valence-corrected chi connectivity index (χ3v) is 6.30. The first kappa shape index (κ1) is 19.7. The van der Waals surface area contributed by atoms with Crippen LogP contribution in [-0.4, -0.2) is 54.7 Å². The van der Waals surface area contributed by atoms with Crippen LogP contribution in [0.5, 0.6) is 0 Å². The molecule has 0 aliphatic carbocycles. The zero-order chi connectivity index (χ0) is 20.3. The molecular formula is C14H12BrF3N4O4S. The molecule has 27 heavy (non-hydrogen) atoms. The quantitative estimate of drug-likeness (QED) is 0.652. The molecule has 0 unspecified atom stereocenters. The smallest absolute Gasteiger partial charge is 0.436 e. The van der Waals surface area contributed by atoms with Crippen LogP contribution in [0.3, 0.4) is 0 Å². The standard InChI is InChI=1S/C14H12BrF3N4O4S/c1-4-3-27-12-6(11(24)22(12)7(4)13(25)26)19-10(23)8-5(15)9(14(16,17)18)20-21(8)2/h6,12H,3H2,1-2H3,(H,19,23)(H,25,26)/t6-,12+/m1/s1. The number of carboxylic acid groups (broad SMARTS) is 1. The van der Waals surface area contributed by atoms with E-state index in [4.69, 9.17) is 0 Å². The van der Waals surface area contributed by atoms with E-state index in [1.165, 1.54) is 18.8 Å². The Balaban J connectivity index is 1.83. The van der Waals surface area contributed by atoms with Gasteiger partial charge in [-0.05, 0) is 28.4 Å². The van der Waals surface area contributed by atoms with Gasteiger partial charge in [-0.2, -0.15) is 18.3 Å². The van der Waals surface area contributed by atoms with Gasteiger partial charge in [-0.3, -0.25) is 19.2 Å². The number of alkyl halides is 3. The van der Waals surface area contributed by atoms with Gasteiger partial charge in [0, 0.05) is 12.8 Å². The normalized spacial score (nSPS) is 22.4. The Morgan fingerprint density at radius 1 is 1.41 bits per heavy atom. The van der Waals surface area contributed by atoms with Crippen molar-refractivity contribution in [2.45, 2.75) is 24.5 Å². The van der Waals surface area contributed by atoms with Crippen molar-refractivity contribution in [3.8, 4) is 0 Å². The Morgan fingerprint density at radius 2 is 2.04 bits per heavy atom. The number of carbonyl (C=O) groups excluding carboxylic acids is 2. The average Bonchev–Trinajstić information content (AvgIpc) is 2.86. The lowest BCUT2D eigenvalue weighted by atomic mass is 10.0. The molecule has 0 saturated carbocycles. The average molecular weight is 469 g/mol. The van der Waals surface area contributed by atoms with Crippen LogP contribution in [0, 0.1) is 0 Å². The van der Waals surface area contributed by atoms with Crippen LogP contribution < -0.4 is 5.32 Å². The number of hydrogen-bond acceptors (Lipinski definition) is 5. The van der Waals surface area contributed by atoms with Gasteiger partial charge >= 0.3 is 12.1 Å². The van der Waals surface area contributed by atoms with Gasteiger partial charge < -0.3 is 10.4 Å². The summed E-state index contributed by atoms with van der Waals surface area (Å²) in [6.07, 6.45) is -4.75. The highest BCUT2D eigenvalue weighted by Gasteiger charge is 2.54. The van der Waals surface area contributed by atoms with Crippen molar-refractivity contribution in [1.29, 1.82) is 0 Å². The Bertz CT molecular complexity index is 898. The van der Waals surface area contributed by atoms with E-state index >= 15 is 0 Å². The number of nitrogens with zero attached hydrogens (tertiary/aromatic N) is 3. The molecule has 1 saturated heterocycles. The van der Waals surface area contributed by atoms with Crippen LogP contribution >= 0.6 is 27.7 Å². The number of aliphatic carboxylic acids is 1. The first-order valence-electron chi connectivity index (χ1n) is 7.43. The third-order valence-electron chi connectivity index (χ3n) is 4.12. The number of β-lactam (4-membered cyclic amide) rings is 1. The zero-order valence-electron chi connectivity index (χ0n) is 13.8. The summed E-state index contributed by atoms with van der Waals surface area (Å²) in [6, 6.07) is -1.04. The van der Waals surface area contributed by atoms with Crippen LogP contribution in [0.15, 0.2) is 15.7 Å². The number of thioether (sulfide) groups is 1. The van der Waals surface area contributed by atoms with Gasteiger partial charge in [0.1, 0.15) is 22.8 Å². The number of aromatic nitrogens is 2. The van der Waals surface area contributed by atoms with Crippen LogP contribution in [0.4, 0.5) is 13.2 Å². The second-order valence-electron chi connectivity index (χ2n) is 5.93. The molecule has 13 heteroatoms. The fraction of sp³-hybridized carbons (Fsp3) is 0.429. The topological polar surface area (TPSA) is 105 Å². The molecule has 0 aromatic carbocycles. The number of hydrogen-bond donors (Lipinski definition) is 2. The predicted octanol–water partition coefficient (Wildman–Crippen LogP) is 1.57. The molecule has 8 nitrogen and oxygen atoms in total. The van der Waals surface area contributed by atoms with Crippen molar-refractivity contribution in [3.05, 3.63) is 27.1 Å². The van der Waals surface area contributed by atoms with Crippen LogP contribution in [0.1, 0.15) is 23.1 Å². The minimum atomic E-state index is -4.75. The van der Waals surface area contributed by atoms with E-state index in [1.54, 1.807) is 6.92 Å². The summed E-state index contributed by atoms with van der Waals surface area (Å²) in [4.78, 5) is 37.2. The largest absolute Gasteiger partial charge is 0.477 e. The monoisotopic (exact) mass is 468 g/mol. The second-order valence-corrected chi connectivity index (χ2v) is 7.83. The molecule has 1 fully saturated rings. The van der Waals surface area contributed by atoms with Gasteiger partial charge in [-0.1, -0.05) is 0 Å². The molecule has 0 radical (unpaired) electrons. The number of halogens is 4. The second kappa shape index (κ2) is 6.55. The van der Waals surface area contributed by atoms with E-state index in [1.807, 2.05) is 0 Å².